The number of anilines is 2. The molecule has 0 aliphatic heterocycles. The second kappa shape index (κ2) is 8.17. The lowest BCUT2D eigenvalue weighted by Crippen LogP contribution is -2.47. The number of nitrogens with one attached hydrogen (secondary N) is 2. The standard InChI is InChI=1S/C19H16N4O5S/c1-12-2-4-13(5-3-12)21-23-18-17(24)11-10-16(19(18)25)22-20-14-6-8-15(9-7-14)29(26,27)28/h2-11,20-21H,1H3,(H,26,27,28)/b22-16+,23-18-. The first-order chi connectivity index (χ1) is 13.7. The van der Waals surface area contributed by atoms with Gasteiger partial charge < -0.3 is 0 Å². The van der Waals surface area contributed by atoms with Gasteiger partial charge in [-0.15, -0.1) is 0 Å². The summed E-state index contributed by atoms with van der Waals surface area (Å²) < 4.78 is 31.1. The van der Waals surface area contributed by atoms with Crippen LogP contribution in [0.5, 0.6) is 0 Å². The van der Waals surface area contributed by atoms with Gasteiger partial charge in [0.05, 0.1) is 16.3 Å². The summed E-state index contributed by atoms with van der Waals surface area (Å²) in [6.45, 7) is 1.93. The molecule has 0 radical (unpaired) electrons. The van der Waals surface area contributed by atoms with E-state index in [0.717, 1.165) is 5.56 Å². The van der Waals surface area contributed by atoms with Crippen molar-refractivity contribution in [2.75, 3.05) is 10.9 Å². The smallest absolute Gasteiger partial charge is 0.287 e. The molecule has 0 atom stereocenters. The molecule has 0 aliphatic carbocycles. The summed E-state index contributed by atoms with van der Waals surface area (Å²) in [7, 11) is -4.30. The Bertz CT molecular complexity index is 1360. The highest BCUT2D eigenvalue weighted by atomic mass is 32.2. The third-order valence-corrected chi connectivity index (χ3v) is 4.75. The third kappa shape index (κ3) is 5.00. The molecule has 0 saturated heterocycles. The zero-order chi connectivity index (χ0) is 21.0. The highest BCUT2D eigenvalue weighted by molar-refractivity contribution is 7.85. The first-order valence-electron chi connectivity index (χ1n) is 8.33. The number of nitrogens with zero attached hydrogens (tertiary/aromatic N) is 2. The number of hydrogen-bond donors (Lipinski definition) is 3. The van der Waals surface area contributed by atoms with Crippen LogP contribution in [0, 0.1) is 6.92 Å². The van der Waals surface area contributed by atoms with Gasteiger partial charge in [-0.2, -0.15) is 18.6 Å². The van der Waals surface area contributed by atoms with Gasteiger partial charge in [0.2, 0.25) is 10.9 Å². The molecule has 0 aromatic heterocycles. The van der Waals surface area contributed by atoms with Gasteiger partial charge in [0.15, 0.2) is 5.36 Å². The van der Waals surface area contributed by atoms with Crippen LogP contribution in [0.4, 0.5) is 11.4 Å². The molecule has 10 heteroatoms. The molecule has 3 aromatic carbocycles. The molecule has 0 amide bonds. The fourth-order valence-electron chi connectivity index (χ4n) is 2.31. The highest BCUT2D eigenvalue weighted by Gasteiger charge is 2.08. The molecule has 9 nitrogen and oxygen atoms in total. The quantitative estimate of drug-likeness (QED) is 0.414. The van der Waals surface area contributed by atoms with E-state index < -0.39 is 21.0 Å². The lowest BCUT2D eigenvalue weighted by molar-refractivity contribution is 0.483. The van der Waals surface area contributed by atoms with Crippen LogP contribution in [0.1, 0.15) is 5.56 Å². The summed E-state index contributed by atoms with van der Waals surface area (Å²) in [5, 5.41) is 7.48. The van der Waals surface area contributed by atoms with Crippen LogP contribution in [-0.2, 0) is 10.1 Å². The van der Waals surface area contributed by atoms with Gasteiger partial charge in [0.1, 0.15) is 5.36 Å². The van der Waals surface area contributed by atoms with E-state index in [0.29, 0.717) is 11.4 Å². The average molecular weight is 412 g/mol. The van der Waals surface area contributed by atoms with Crippen LogP contribution in [0.2, 0.25) is 0 Å². The van der Waals surface area contributed by atoms with E-state index in [1.54, 1.807) is 12.1 Å². The predicted molar refractivity (Wildman–Crippen MR) is 107 cm³/mol. The molecule has 3 N–H and O–H groups in total. The summed E-state index contributed by atoms with van der Waals surface area (Å²) in [4.78, 5) is 24.2. The van der Waals surface area contributed by atoms with Gasteiger partial charge in [-0.25, -0.2) is 0 Å². The number of rotatable bonds is 5. The Balaban J connectivity index is 1.90. The van der Waals surface area contributed by atoms with Crippen LogP contribution in [0.25, 0.3) is 0 Å². The first-order valence-corrected chi connectivity index (χ1v) is 9.77. The Hall–Kier alpha value is -3.63. The van der Waals surface area contributed by atoms with Crippen molar-refractivity contribution in [2.45, 2.75) is 11.8 Å². The largest absolute Gasteiger partial charge is 0.294 e. The van der Waals surface area contributed by atoms with Crippen molar-refractivity contribution >= 4 is 21.5 Å². The maximum absolute atomic E-state index is 12.5. The van der Waals surface area contributed by atoms with E-state index in [9.17, 15) is 18.0 Å². The molecule has 0 fully saturated rings. The Morgan fingerprint density at radius 2 is 1.34 bits per heavy atom. The predicted octanol–water partition coefficient (Wildman–Crippen LogP) is 0.693. The zero-order valence-corrected chi connectivity index (χ0v) is 16.0. The van der Waals surface area contributed by atoms with Crippen molar-refractivity contribution in [3.63, 3.8) is 0 Å². The second-order valence-electron chi connectivity index (χ2n) is 6.07. The van der Waals surface area contributed by atoms with Crippen molar-refractivity contribution in [1.82, 2.24) is 0 Å². The Labute approximate surface area is 165 Å². The summed E-state index contributed by atoms with van der Waals surface area (Å²) in [5.41, 5.74) is 6.10. The molecule has 3 rings (SSSR count). The molecule has 148 valence electrons. The molecule has 0 bridgehead atoms. The maximum atomic E-state index is 12.5. The molecule has 0 unspecified atom stereocenters. The van der Waals surface area contributed by atoms with E-state index >= 15 is 0 Å². The van der Waals surface area contributed by atoms with Crippen LogP contribution in [0.3, 0.4) is 0 Å². The van der Waals surface area contributed by atoms with Gasteiger partial charge in [-0.3, -0.25) is 25.0 Å². The zero-order valence-electron chi connectivity index (χ0n) is 15.2. The fourth-order valence-corrected chi connectivity index (χ4v) is 2.79. The van der Waals surface area contributed by atoms with Crippen LogP contribution in [0.15, 0.2) is 85.4 Å². The number of hydrogen-bond acceptors (Lipinski definition) is 8. The summed E-state index contributed by atoms with van der Waals surface area (Å²) >= 11 is 0. The number of aryl methyl sites for hydroxylation is 1. The molecule has 0 heterocycles. The van der Waals surface area contributed by atoms with Crippen molar-refractivity contribution in [3.05, 3.63) is 97.4 Å². The minimum absolute atomic E-state index is 0.0482. The van der Waals surface area contributed by atoms with Crippen LogP contribution in [-0.4, -0.2) is 13.0 Å². The molecular weight excluding hydrogens is 396 g/mol. The lowest BCUT2D eigenvalue weighted by Gasteiger charge is -2.01. The van der Waals surface area contributed by atoms with E-state index in [4.69, 9.17) is 4.55 Å². The SMILES string of the molecule is Cc1ccc(N/N=c2/c(=O)cc/c(=N\Nc3ccc(S(=O)(=O)O)cc3)c2=O)cc1. The van der Waals surface area contributed by atoms with Crippen LogP contribution < -0.4 is 32.4 Å². The fraction of sp³-hybridized carbons (Fsp3) is 0.0526. The molecule has 0 aliphatic rings. The molecule has 0 saturated carbocycles. The van der Waals surface area contributed by atoms with E-state index in [2.05, 4.69) is 21.1 Å². The van der Waals surface area contributed by atoms with Gasteiger partial charge in [-0.05, 0) is 55.5 Å². The van der Waals surface area contributed by atoms with E-state index in [1.807, 2.05) is 19.1 Å². The number of benzene rings is 3. The average Bonchev–Trinajstić information content (AvgIpc) is 2.68. The second-order valence-corrected chi connectivity index (χ2v) is 7.49. The lowest BCUT2D eigenvalue weighted by atomic mass is 10.2. The Morgan fingerprint density at radius 1 is 0.793 bits per heavy atom. The summed E-state index contributed by atoms with van der Waals surface area (Å²) in [6, 6.07) is 14.8. The van der Waals surface area contributed by atoms with Gasteiger partial charge in [-0.1, -0.05) is 17.7 Å². The van der Waals surface area contributed by atoms with Crippen LogP contribution >= 0.6 is 0 Å². The first kappa shape index (κ1) is 20.1. The van der Waals surface area contributed by atoms with Gasteiger partial charge in [0.25, 0.3) is 10.1 Å². The molecule has 29 heavy (non-hydrogen) atoms. The molecular formula is C19H16N4O5S. The van der Waals surface area contributed by atoms with E-state index in [1.165, 1.54) is 36.4 Å². The summed E-state index contributed by atoms with van der Waals surface area (Å²) in [5.74, 6) is 0. The third-order valence-electron chi connectivity index (χ3n) is 3.88. The van der Waals surface area contributed by atoms with E-state index in [-0.39, 0.29) is 15.6 Å². The summed E-state index contributed by atoms with van der Waals surface area (Å²) in [6.07, 6.45) is 0. The van der Waals surface area contributed by atoms with Crippen molar-refractivity contribution in [2.24, 2.45) is 10.2 Å². The maximum Gasteiger partial charge on any atom is 0.294 e. The van der Waals surface area contributed by atoms with Gasteiger partial charge >= 0.3 is 0 Å². The Kier molecular flexibility index (Phi) is 5.66. The molecule has 3 aromatic rings. The molecule has 0 spiro atoms. The normalized spacial score (nSPS) is 12.8. The highest BCUT2D eigenvalue weighted by Crippen LogP contribution is 2.13. The van der Waals surface area contributed by atoms with Crippen molar-refractivity contribution < 1.29 is 13.0 Å². The minimum Gasteiger partial charge on any atom is -0.287 e. The van der Waals surface area contributed by atoms with Crippen molar-refractivity contribution in [3.8, 4) is 0 Å². The monoisotopic (exact) mass is 412 g/mol. The minimum atomic E-state index is -4.30. The van der Waals surface area contributed by atoms with Gasteiger partial charge in [0, 0.05) is 0 Å². The van der Waals surface area contributed by atoms with Crippen molar-refractivity contribution in [1.29, 1.82) is 0 Å². The Morgan fingerprint density at radius 3 is 1.93 bits per heavy atom. The topological polar surface area (TPSA) is 137 Å².